The van der Waals surface area contributed by atoms with Gasteiger partial charge in [0.2, 0.25) is 5.91 Å². The zero-order valence-corrected chi connectivity index (χ0v) is 24.2. The number of ether oxygens (including phenoxy) is 2. The van der Waals surface area contributed by atoms with Crippen molar-refractivity contribution in [1.82, 2.24) is 4.57 Å². The SMILES string of the molecule is C=CCn1c(=NC(=O)CSCC(=O)Nc2sc3c(c2C(=O)OC)CCCCC3)sc2cc(C(=O)OC)ccc21. The van der Waals surface area contributed by atoms with Gasteiger partial charge >= 0.3 is 11.9 Å². The highest BCUT2D eigenvalue weighted by molar-refractivity contribution is 8.00. The van der Waals surface area contributed by atoms with E-state index in [4.69, 9.17) is 9.47 Å². The van der Waals surface area contributed by atoms with E-state index in [9.17, 15) is 19.2 Å². The van der Waals surface area contributed by atoms with Gasteiger partial charge in [0.1, 0.15) is 5.00 Å². The topological polar surface area (TPSA) is 116 Å². The number of hydrogen-bond donors (Lipinski definition) is 1. The van der Waals surface area contributed by atoms with E-state index in [1.807, 2.05) is 4.57 Å². The van der Waals surface area contributed by atoms with Crippen LogP contribution in [-0.4, -0.2) is 54.0 Å². The summed E-state index contributed by atoms with van der Waals surface area (Å²) >= 11 is 3.87. The Kier molecular flexibility index (Phi) is 9.76. The number of thiazole rings is 1. The zero-order valence-electron chi connectivity index (χ0n) is 21.7. The minimum atomic E-state index is -0.443. The van der Waals surface area contributed by atoms with Crippen molar-refractivity contribution in [2.24, 2.45) is 4.99 Å². The molecule has 3 aromatic rings. The maximum Gasteiger partial charge on any atom is 0.341 e. The molecule has 1 N–H and O–H groups in total. The molecule has 2 heterocycles. The van der Waals surface area contributed by atoms with E-state index in [1.165, 1.54) is 36.9 Å². The van der Waals surface area contributed by atoms with Gasteiger partial charge < -0.3 is 19.4 Å². The minimum absolute atomic E-state index is 0.00790. The largest absolute Gasteiger partial charge is 0.465 e. The Bertz CT molecular complexity index is 1500. The van der Waals surface area contributed by atoms with Gasteiger partial charge in [0.25, 0.3) is 5.91 Å². The number of esters is 2. The lowest BCUT2D eigenvalue weighted by atomic mass is 10.1. The number of anilines is 1. The van der Waals surface area contributed by atoms with E-state index >= 15 is 0 Å². The van der Waals surface area contributed by atoms with E-state index in [0.29, 0.717) is 27.5 Å². The van der Waals surface area contributed by atoms with Crippen LogP contribution in [0, 0.1) is 0 Å². The van der Waals surface area contributed by atoms with Crippen molar-refractivity contribution in [3.8, 4) is 0 Å². The quantitative estimate of drug-likeness (QED) is 0.221. The van der Waals surface area contributed by atoms with E-state index < -0.39 is 11.9 Å². The molecule has 0 spiro atoms. The number of nitrogens with zero attached hydrogens (tertiary/aromatic N) is 2. The highest BCUT2D eigenvalue weighted by Crippen LogP contribution is 2.38. The summed E-state index contributed by atoms with van der Waals surface area (Å²) in [4.78, 5) is 55.6. The molecule has 1 aliphatic carbocycles. The predicted molar refractivity (Wildman–Crippen MR) is 155 cm³/mol. The van der Waals surface area contributed by atoms with Gasteiger partial charge in [-0.15, -0.1) is 29.7 Å². The molecular formula is C27H29N3O6S3. The van der Waals surface area contributed by atoms with Gasteiger partial charge in [-0.3, -0.25) is 9.59 Å². The fourth-order valence-corrected chi connectivity index (χ4v) is 7.38. The maximum absolute atomic E-state index is 12.7. The lowest BCUT2D eigenvalue weighted by Gasteiger charge is -2.07. The lowest BCUT2D eigenvalue weighted by molar-refractivity contribution is -0.115. The molecule has 0 saturated heterocycles. The summed E-state index contributed by atoms with van der Waals surface area (Å²) in [6.07, 6.45) is 6.56. The number of methoxy groups -OCH3 is 2. The second kappa shape index (κ2) is 13.2. The number of allylic oxidation sites excluding steroid dienone is 1. The van der Waals surface area contributed by atoms with Crippen LogP contribution in [-0.2, 0) is 38.4 Å². The van der Waals surface area contributed by atoms with Crippen LogP contribution in [0.2, 0.25) is 0 Å². The first kappa shape index (κ1) is 28.8. The Balaban J connectivity index is 1.43. The number of nitrogens with one attached hydrogen (secondary N) is 1. The molecule has 1 aromatic carbocycles. The molecule has 4 rings (SSSR count). The fourth-order valence-electron chi connectivity index (χ4n) is 4.39. The maximum atomic E-state index is 12.7. The van der Waals surface area contributed by atoms with Gasteiger partial charge in [0.05, 0.1) is 47.1 Å². The van der Waals surface area contributed by atoms with Crippen molar-refractivity contribution in [2.45, 2.75) is 38.6 Å². The van der Waals surface area contributed by atoms with Crippen LogP contribution in [0.5, 0.6) is 0 Å². The number of carbonyl (C=O) groups is 4. The molecule has 0 fully saturated rings. The van der Waals surface area contributed by atoms with Gasteiger partial charge in [-0.2, -0.15) is 4.99 Å². The minimum Gasteiger partial charge on any atom is -0.465 e. The molecule has 12 heteroatoms. The summed E-state index contributed by atoms with van der Waals surface area (Å²) < 4.78 is 12.4. The van der Waals surface area contributed by atoms with Gasteiger partial charge in [-0.05, 0) is 49.4 Å². The van der Waals surface area contributed by atoms with Crippen molar-refractivity contribution in [1.29, 1.82) is 0 Å². The number of fused-ring (bicyclic) bond motifs is 2. The second-order valence-electron chi connectivity index (χ2n) is 8.76. The fraction of sp³-hybridized carbons (Fsp3) is 0.370. The predicted octanol–water partition coefficient (Wildman–Crippen LogP) is 4.59. The number of rotatable bonds is 9. The summed E-state index contributed by atoms with van der Waals surface area (Å²) in [6.45, 7) is 4.22. The summed E-state index contributed by atoms with van der Waals surface area (Å²) in [5, 5.41) is 3.37. The third-order valence-corrected chi connectivity index (χ3v) is 9.32. The Morgan fingerprint density at radius 2 is 1.85 bits per heavy atom. The average Bonchev–Trinajstić information content (AvgIpc) is 3.34. The van der Waals surface area contributed by atoms with Crippen LogP contribution >= 0.6 is 34.4 Å². The lowest BCUT2D eigenvalue weighted by Crippen LogP contribution is -2.19. The molecule has 206 valence electrons. The summed E-state index contributed by atoms with van der Waals surface area (Å²) in [7, 11) is 2.66. The van der Waals surface area contributed by atoms with Crippen molar-refractivity contribution < 1.29 is 28.7 Å². The Hall–Kier alpha value is -3.22. The van der Waals surface area contributed by atoms with Crippen LogP contribution in [0.25, 0.3) is 10.2 Å². The summed E-state index contributed by atoms with van der Waals surface area (Å²) in [6, 6.07) is 5.16. The Morgan fingerprint density at radius 1 is 1.08 bits per heavy atom. The zero-order chi connectivity index (χ0) is 27.9. The van der Waals surface area contributed by atoms with Crippen LogP contribution in [0.4, 0.5) is 5.00 Å². The third kappa shape index (κ3) is 6.68. The van der Waals surface area contributed by atoms with Crippen LogP contribution < -0.4 is 10.1 Å². The Morgan fingerprint density at radius 3 is 2.59 bits per heavy atom. The number of thioether (sulfide) groups is 1. The molecule has 0 atom stereocenters. The summed E-state index contributed by atoms with van der Waals surface area (Å²) in [5.41, 5.74) is 2.67. The van der Waals surface area contributed by atoms with Crippen molar-refractivity contribution in [3.05, 3.63) is 57.2 Å². The number of amides is 2. The molecule has 0 bridgehead atoms. The first-order chi connectivity index (χ1) is 18.9. The summed E-state index contributed by atoms with van der Waals surface area (Å²) in [5.74, 6) is -1.53. The Labute approximate surface area is 237 Å². The molecule has 39 heavy (non-hydrogen) atoms. The molecule has 2 amide bonds. The number of carbonyl (C=O) groups excluding carboxylic acids is 4. The van der Waals surface area contributed by atoms with Crippen LogP contribution in [0.15, 0.2) is 35.8 Å². The van der Waals surface area contributed by atoms with E-state index in [2.05, 4.69) is 16.9 Å². The molecule has 0 unspecified atom stereocenters. The van der Waals surface area contributed by atoms with Gasteiger partial charge in [-0.1, -0.05) is 23.8 Å². The molecule has 9 nitrogen and oxygen atoms in total. The van der Waals surface area contributed by atoms with Crippen molar-refractivity contribution in [3.63, 3.8) is 0 Å². The number of aryl methyl sites for hydroxylation is 1. The molecule has 1 aliphatic rings. The van der Waals surface area contributed by atoms with Crippen molar-refractivity contribution in [2.75, 3.05) is 31.0 Å². The van der Waals surface area contributed by atoms with Gasteiger partial charge in [0.15, 0.2) is 4.80 Å². The van der Waals surface area contributed by atoms with Crippen molar-refractivity contribution >= 4 is 73.4 Å². The molecule has 0 saturated carbocycles. The van der Waals surface area contributed by atoms with Gasteiger partial charge in [0, 0.05) is 11.4 Å². The normalized spacial score (nSPS) is 13.4. The first-order valence-corrected chi connectivity index (χ1v) is 15.2. The third-order valence-electron chi connectivity index (χ3n) is 6.16. The standard InChI is InChI=1S/C27H29N3O6S3/c1-4-12-30-18-11-10-16(25(33)35-2)13-20(18)39-27(30)29-22(32)15-37-14-21(31)28-24-23(26(34)36-3)17-8-6-5-7-9-19(17)38-24/h4,10-11,13H,1,5-9,12,14-15H2,2-3H3,(H,28,31). The molecule has 0 radical (unpaired) electrons. The highest BCUT2D eigenvalue weighted by Gasteiger charge is 2.26. The molecule has 0 aliphatic heterocycles. The first-order valence-electron chi connectivity index (χ1n) is 12.4. The van der Waals surface area contributed by atoms with E-state index in [-0.39, 0.29) is 23.3 Å². The van der Waals surface area contributed by atoms with E-state index in [0.717, 1.165) is 64.5 Å². The molecular weight excluding hydrogens is 559 g/mol. The van der Waals surface area contributed by atoms with E-state index in [1.54, 1.807) is 24.3 Å². The second-order valence-corrected chi connectivity index (χ2v) is 11.9. The number of thiophene rings is 1. The molecule has 2 aromatic heterocycles. The monoisotopic (exact) mass is 587 g/mol. The number of hydrogen-bond acceptors (Lipinski definition) is 9. The number of benzene rings is 1. The van der Waals surface area contributed by atoms with Crippen LogP contribution in [0.1, 0.15) is 50.4 Å². The average molecular weight is 588 g/mol. The van der Waals surface area contributed by atoms with Crippen LogP contribution in [0.3, 0.4) is 0 Å². The number of aromatic nitrogens is 1. The van der Waals surface area contributed by atoms with Gasteiger partial charge in [-0.25, -0.2) is 9.59 Å². The smallest absolute Gasteiger partial charge is 0.341 e. The highest BCUT2D eigenvalue weighted by atomic mass is 32.2.